The summed E-state index contributed by atoms with van der Waals surface area (Å²) in [6.45, 7) is 2.12. The van der Waals surface area contributed by atoms with Gasteiger partial charge in [0.15, 0.2) is 0 Å². The van der Waals surface area contributed by atoms with Crippen molar-refractivity contribution in [1.29, 1.82) is 0 Å². The van der Waals surface area contributed by atoms with Crippen molar-refractivity contribution in [3.63, 3.8) is 0 Å². The highest BCUT2D eigenvalue weighted by atomic mass is 35.5. The molecule has 0 aliphatic heterocycles. The topological polar surface area (TPSA) is 47.3 Å². The third-order valence-electron chi connectivity index (χ3n) is 1.90. The Labute approximate surface area is 93.2 Å². The maximum atomic E-state index is 5.80. The Morgan fingerprint density at radius 2 is 2.43 bits per heavy atom. The van der Waals surface area contributed by atoms with E-state index in [4.69, 9.17) is 22.1 Å². The highest BCUT2D eigenvalue weighted by Crippen LogP contribution is 2.20. The fourth-order valence-electron chi connectivity index (χ4n) is 1.07. The van der Waals surface area contributed by atoms with Crippen LogP contribution in [0.15, 0.2) is 12.1 Å². The summed E-state index contributed by atoms with van der Waals surface area (Å²) in [5.74, 6) is 0. The quantitative estimate of drug-likeness (QED) is 0.784. The minimum Gasteiger partial charge on any atom is -0.379 e. The van der Waals surface area contributed by atoms with Crippen LogP contribution >= 0.6 is 22.9 Å². The molecule has 14 heavy (non-hydrogen) atoms. The van der Waals surface area contributed by atoms with Gasteiger partial charge in [-0.1, -0.05) is 11.6 Å². The Morgan fingerprint density at radius 3 is 2.93 bits per heavy atom. The van der Waals surface area contributed by atoms with Crippen molar-refractivity contribution in [2.45, 2.75) is 12.6 Å². The Hall–Kier alpha value is -0.130. The number of nitrogens with one attached hydrogen (secondary N) is 1. The predicted octanol–water partition coefficient (Wildman–Crippen LogP) is 1.46. The first-order chi connectivity index (χ1) is 6.76. The van der Waals surface area contributed by atoms with Gasteiger partial charge in [0.1, 0.15) is 0 Å². The molecule has 1 atom stereocenters. The van der Waals surface area contributed by atoms with E-state index in [9.17, 15) is 0 Å². The van der Waals surface area contributed by atoms with Gasteiger partial charge in [0, 0.05) is 31.6 Å². The van der Waals surface area contributed by atoms with E-state index in [1.807, 2.05) is 12.1 Å². The SMILES string of the molecule is COC(CN)CNCc1ccc(Cl)s1. The van der Waals surface area contributed by atoms with E-state index >= 15 is 0 Å². The molecule has 0 fully saturated rings. The molecule has 1 aromatic heterocycles. The van der Waals surface area contributed by atoms with Crippen LogP contribution in [0.2, 0.25) is 4.34 Å². The molecule has 1 unspecified atom stereocenters. The van der Waals surface area contributed by atoms with Crippen LogP contribution in [0.3, 0.4) is 0 Å². The van der Waals surface area contributed by atoms with E-state index < -0.39 is 0 Å². The molecule has 1 heterocycles. The molecule has 1 rings (SSSR count). The minimum atomic E-state index is 0.0884. The lowest BCUT2D eigenvalue weighted by Crippen LogP contribution is -2.33. The first kappa shape index (κ1) is 11.9. The number of nitrogens with two attached hydrogens (primary N) is 1. The summed E-state index contributed by atoms with van der Waals surface area (Å²) in [5, 5.41) is 3.26. The third kappa shape index (κ3) is 3.94. The van der Waals surface area contributed by atoms with Crippen LogP contribution in [0, 0.1) is 0 Å². The monoisotopic (exact) mass is 234 g/mol. The lowest BCUT2D eigenvalue weighted by Gasteiger charge is -2.12. The Bertz CT molecular complexity index is 263. The van der Waals surface area contributed by atoms with Gasteiger partial charge >= 0.3 is 0 Å². The molecule has 0 amide bonds. The minimum absolute atomic E-state index is 0.0884. The summed E-state index contributed by atoms with van der Waals surface area (Å²) in [6.07, 6.45) is 0.0884. The van der Waals surface area contributed by atoms with Gasteiger partial charge in [-0.15, -0.1) is 11.3 Å². The van der Waals surface area contributed by atoms with E-state index in [0.29, 0.717) is 6.54 Å². The van der Waals surface area contributed by atoms with Crippen LogP contribution in [0.5, 0.6) is 0 Å². The van der Waals surface area contributed by atoms with Crippen molar-refractivity contribution in [3.8, 4) is 0 Å². The van der Waals surface area contributed by atoms with Crippen LogP contribution in [-0.4, -0.2) is 26.3 Å². The zero-order valence-corrected chi connectivity index (χ0v) is 9.70. The molecule has 80 valence electrons. The Kier molecular flexibility index (Phi) is 5.44. The van der Waals surface area contributed by atoms with E-state index in [0.717, 1.165) is 17.4 Å². The van der Waals surface area contributed by atoms with E-state index in [-0.39, 0.29) is 6.10 Å². The molecule has 0 saturated carbocycles. The second-order valence-electron chi connectivity index (χ2n) is 2.93. The number of thiophene rings is 1. The Balaban J connectivity index is 2.21. The van der Waals surface area contributed by atoms with Crippen LogP contribution < -0.4 is 11.1 Å². The maximum absolute atomic E-state index is 5.80. The third-order valence-corrected chi connectivity index (χ3v) is 3.13. The van der Waals surface area contributed by atoms with Crippen LogP contribution in [0.25, 0.3) is 0 Å². The molecule has 3 nitrogen and oxygen atoms in total. The second kappa shape index (κ2) is 6.37. The number of halogens is 1. The molecule has 0 spiro atoms. The molecule has 0 aliphatic rings. The molecule has 3 N–H and O–H groups in total. The van der Waals surface area contributed by atoms with Crippen molar-refractivity contribution >= 4 is 22.9 Å². The lowest BCUT2D eigenvalue weighted by molar-refractivity contribution is 0.108. The highest BCUT2D eigenvalue weighted by molar-refractivity contribution is 7.16. The Morgan fingerprint density at radius 1 is 1.64 bits per heavy atom. The van der Waals surface area contributed by atoms with Crippen LogP contribution in [0.4, 0.5) is 0 Å². The van der Waals surface area contributed by atoms with Crippen LogP contribution in [0.1, 0.15) is 4.88 Å². The first-order valence-corrected chi connectivity index (χ1v) is 5.63. The number of ether oxygens (including phenoxy) is 1. The van der Waals surface area contributed by atoms with E-state index in [2.05, 4.69) is 5.32 Å². The normalized spacial score (nSPS) is 13.1. The average Bonchev–Trinajstić information content (AvgIpc) is 2.59. The van der Waals surface area contributed by atoms with Gasteiger partial charge in [0.25, 0.3) is 0 Å². The molecule has 5 heteroatoms. The number of hydrogen-bond donors (Lipinski definition) is 2. The first-order valence-electron chi connectivity index (χ1n) is 4.44. The smallest absolute Gasteiger partial charge is 0.0931 e. The number of hydrogen-bond acceptors (Lipinski definition) is 4. The van der Waals surface area contributed by atoms with Crippen molar-refractivity contribution < 1.29 is 4.74 Å². The van der Waals surface area contributed by atoms with Gasteiger partial charge in [0.05, 0.1) is 10.4 Å². The number of methoxy groups -OCH3 is 1. The molecular weight excluding hydrogens is 220 g/mol. The molecule has 0 radical (unpaired) electrons. The fraction of sp³-hybridized carbons (Fsp3) is 0.556. The maximum Gasteiger partial charge on any atom is 0.0931 e. The standard InChI is InChI=1S/C9H15ClN2OS/c1-13-7(4-11)5-12-6-8-2-3-9(10)14-8/h2-3,7,12H,4-6,11H2,1H3. The van der Waals surface area contributed by atoms with Crippen molar-refractivity contribution in [2.24, 2.45) is 5.73 Å². The lowest BCUT2D eigenvalue weighted by atomic mass is 10.3. The molecule has 0 saturated heterocycles. The van der Waals surface area contributed by atoms with Crippen LogP contribution in [-0.2, 0) is 11.3 Å². The van der Waals surface area contributed by atoms with Gasteiger partial charge in [-0.25, -0.2) is 0 Å². The van der Waals surface area contributed by atoms with Gasteiger partial charge < -0.3 is 15.8 Å². The van der Waals surface area contributed by atoms with Gasteiger partial charge in [0.2, 0.25) is 0 Å². The van der Waals surface area contributed by atoms with Gasteiger partial charge in [-0.05, 0) is 12.1 Å². The summed E-state index contributed by atoms with van der Waals surface area (Å²) in [7, 11) is 1.67. The van der Waals surface area contributed by atoms with Gasteiger partial charge in [-0.2, -0.15) is 0 Å². The zero-order chi connectivity index (χ0) is 10.4. The summed E-state index contributed by atoms with van der Waals surface area (Å²) in [4.78, 5) is 1.22. The van der Waals surface area contributed by atoms with Crippen molar-refractivity contribution in [2.75, 3.05) is 20.2 Å². The molecule has 1 aromatic rings. The van der Waals surface area contributed by atoms with Crippen molar-refractivity contribution in [1.82, 2.24) is 5.32 Å². The molecule has 0 bridgehead atoms. The molecule has 0 aromatic carbocycles. The fourth-order valence-corrected chi connectivity index (χ4v) is 2.12. The predicted molar refractivity (Wildman–Crippen MR) is 60.9 cm³/mol. The molecular formula is C9H15ClN2OS. The van der Waals surface area contributed by atoms with E-state index in [1.165, 1.54) is 4.88 Å². The summed E-state index contributed by atoms with van der Waals surface area (Å²) < 4.78 is 5.96. The van der Waals surface area contributed by atoms with E-state index in [1.54, 1.807) is 18.4 Å². The second-order valence-corrected chi connectivity index (χ2v) is 4.73. The average molecular weight is 235 g/mol. The number of rotatable bonds is 6. The summed E-state index contributed by atoms with van der Waals surface area (Å²) in [5.41, 5.74) is 5.48. The molecule has 0 aliphatic carbocycles. The summed E-state index contributed by atoms with van der Waals surface area (Å²) in [6, 6.07) is 3.92. The summed E-state index contributed by atoms with van der Waals surface area (Å²) >= 11 is 7.39. The van der Waals surface area contributed by atoms with Gasteiger partial charge in [-0.3, -0.25) is 0 Å². The highest BCUT2D eigenvalue weighted by Gasteiger charge is 2.03. The zero-order valence-electron chi connectivity index (χ0n) is 8.13. The van der Waals surface area contributed by atoms with Crippen molar-refractivity contribution in [3.05, 3.63) is 21.3 Å². The largest absolute Gasteiger partial charge is 0.379 e.